The van der Waals surface area contributed by atoms with E-state index < -0.39 is 11.9 Å². The van der Waals surface area contributed by atoms with Gasteiger partial charge in [-0.15, -0.1) is 0 Å². The Kier molecular flexibility index (Phi) is 7.32. The molecule has 1 amide bonds. The van der Waals surface area contributed by atoms with Crippen LogP contribution in [-0.4, -0.2) is 30.2 Å². The van der Waals surface area contributed by atoms with Crippen LogP contribution in [0.25, 0.3) is 11.3 Å². The number of halogens is 2. The number of anilines is 1. The predicted molar refractivity (Wildman–Crippen MR) is 113 cm³/mol. The maximum atomic E-state index is 12.5. The monoisotopic (exact) mass is 448 g/mol. The van der Waals surface area contributed by atoms with Gasteiger partial charge in [0, 0.05) is 10.6 Å². The third kappa shape index (κ3) is 5.31. The van der Waals surface area contributed by atoms with Crippen LogP contribution in [0.3, 0.4) is 0 Å². The molecule has 9 heteroatoms. The van der Waals surface area contributed by atoms with E-state index in [4.69, 9.17) is 37.2 Å². The number of hydrogen-bond donors (Lipinski definition) is 1. The van der Waals surface area contributed by atoms with E-state index in [0.717, 1.165) is 0 Å². The number of carbonyl (C=O) groups excluding carboxylic acids is 2. The second-order valence-corrected chi connectivity index (χ2v) is 6.88. The second-order valence-electron chi connectivity index (χ2n) is 6.04. The van der Waals surface area contributed by atoms with Crippen LogP contribution >= 0.6 is 23.2 Å². The number of nitrogens with one attached hydrogen (secondary N) is 1. The molecule has 2 aromatic carbocycles. The number of aromatic nitrogens is 1. The molecule has 3 rings (SSSR count). The van der Waals surface area contributed by atoms with Gasteiger partial charge in [0.2, 0.25) is 11.8 Å². The zero-order valence-electron chi connectivity index (χ0n) is 16.0. The molecule has 1 aromatic heterocycles. The first-order valence-electron chi connectivity index (χ1n) is 9.09. The maximum Gasteiger partial charge on any atom is 0.346 e. The number of para-hydroxylation sites is 1. The van der Waals surface area contributed by atoms with Crippen molar-refractivity contribution in [2.45, 2.75) is 13.3 Å². The fraction of sp³-hybridized carbons (Fsp3) is 0.190. The molecule has 0 atom stereocenters. The van der Waals surface area contributed by atoms with Crippen molar-refractivity contribution in [3.63, 3.8) is 0 Å². The van der Waals surface area contributed by atoms with Crippen molar-refractivity contribution in [2.24, 2.45) is 0 Å². The average molecular weight is 449 g/mol. The van der Waals surface area contributed by atoms with Crippen LogP contribution in [0.4, 0.5) is 5.88 Å². The first-order valence-corrected chi connectivity index (χ1v) is 9.85. The lowest BCUT2D eigenvalue weighted by Gasteiger charge is -2.08. The summed E-state index contributed by atoms with van der Waals surface area (Å²) in [6.45, 7) is 1.92. The molecule has 0 aliphatic heterocycles. The third-order valence-corrected chi connectivity index (χ3v) is 4.53. The summed E-state index contributed by atoms with van der Waals surface area (Å²) < 4.78 is 15.8. The Bertz CT molecular complexity index is 1030. The molecule has 1 N–H and O–H groups in total. The number of nitrogens with zero attached hydrogens (tertiary/aromatic N) is 1. The number of rotatable bonds is 8. The molecule has 0 radical (unpaired) electrons. The molecule has 0 fully saturated rings. The molecule has 0 unspecified atom stereocenters. The number of ether oxygens (including phenoxy) is 2. The lowest BCUT2D eigenvalue weighted by atomic mass is 10.1. The Morgan fingerprint density at radius 3 is 2.53 bits per heavy atom. The first-order chi connectivity index (χ1) is 14.5. The lowest BCUT2D eigenvalue weighted by molar-refractivity contribution is -0.116. The minimum absolute atomic E-state index is 0.00443. The third-order valence-electron chi connectivity index (χ3n) is 3.97. The Balaban J connectivity index is 1.73. The Labute approximate surface area is 182 Å². The van der Waals surface area contributed by atoms with Crippen LogP contribution in [0, 0.1) is 0 Å². The van der Waals surface area contributed by atoms with Gasteiger partial charge in [-0.2, -0.15) is 0 Å². The molecular formula is C21H18Cl2N2O5. The molecule has 0 aliphatic carbocycles. The molecular weight excluding hydrogens is 431 g/mol. The van der Waals surface area contributed by atoms with Crippen LogP contribution in [0.15, 0.2) is 53.1 Å². The van der Waals surface area contributed by atoms with Gasteiger partial charge in [-0.1, -0.05) is 52.6 Å². The van der Waals surface area contributed by atoms with Gasteiger partial charge in [-0.05, 0) is 31.2 Å². The lowest BCUT2D eigenvalue weighted by Crippen LogP contribution is -2.17. The van der Waals surface area contributed by atoms with Gasteiger partial charge in [0.25, 0.3) is 0 Å². The number of amides is 1. The van der Waals surface area contributed by atoms with Gasteiger partial charge in [0.1, 0.15) is 11.4 Å². The highest BCUT2D eigenvalue weighted by molar-refractivity contribution is 6.32. The highest BCUT2D eigenvalue weighted by Gasteiger charge is 2.26. The SMILES string of the molecule is CCOC(=O)c1c(-c2ccc(Cl)cc2)noc1NC(=O)CCOc1ccccc1Cl. The molecule has 0 bridgehead atoms. The quantitative estimate of drug-likeness (QED) is 0.474. The zero-order valence-corrected chi connectivity index (χ0v) is 17.5. The van der Waals surface area contributed by atoms with Crippen LogP contribution in [-0.2, 0) is 9.53 Å². The summed E-state index contributed by atoms with van der Waals surface area (Å²) in [7, 11) is 0. The molecule has 156 valence electrons. The van der Waals surface area contributed by atoms with Crippen molar-refractivity contribution < 1.29 is 23.6 Å². The summed E-state index contributed by atoms with van der Waals surface area (Å²) in [6.07, 6.45) is 0.00443. The Morgan fingerprint density at radius 2 is 1.83 bits per heavy atom. The van der Waals surface area contributed by atoms with Crippen molar-refractivity contribution in [1.82, 2.24) is 5.16 Å². The number of esters is 1. The van der Waals surface area contributed by atoms with Crippen LogP contribution in [0.5, 0.6) is 5.75 Å². The molecule has 30 heavy (non-hydrogen) atoms. The van der Waals surface area contributed by atoms with E-state index in [-0.39, 0.29) is 36.8 Å². The topological polar surface area (TPSA) is 90.7 Å². The van der Waals surface area contributed by atoms with E-state index in [1.165, 1.54) is 0 Å². The Morgan fingerprint density at radius 1 is 1.10 bits per heavy atom. The highest BCUT2D eigenvalue weighted by atomic mass is 35.5. The van der Waals surface area contributed by atoms with Crippen molar-refractivity contribution in [1.29, 1.82) is 0 Å². The maximum absolute atomic E-state index is 12.5. The summed E-state index contributed by atoms with van der Waals surface area (Å²) in [4.78, 5) is 24.8. The number of benzene rings is 2. The van der Waals surface area contributed by atoms with Crippen molar-refractivity contribution in [2.75, 3.05) is 18.5 Å². The van der Waals surface area contributed by atoms with E-state index in [2.05, 4.69) is 10.5 Å². The highest BCUT2D eigenvalue weighted by Crippen LogP contribution is 2.30. The summed E-state index contributed by atoms with van der Waals surface area (Å²) in [6, 6.07) is 13.6. The molecule has 0 saturated heterocycles. The number of carbonyl (C=O) groups is 2. The van der Waals surface area contributed by atoms with Gasteiger partial charge in [0.15, 0.2) is 5.56 Å². The minimum atomic E-state index is -0.661. The fourth-order valence-corrected chi connectivity index (χ4v) is 2.89. The van der Waals surface area contributed by atoms with Crippen molar-refractivity contribution in [3.8, 4) is 17.0 Å². The standard InChI is InChI=1S/C21H18Cl2N2O5/c1-2-28-21(27)18-19(13-7-9-14(22)10-8-13)25-30-20(18)24-17(26)11-12-29-16-6-4-3-5-15(16)23/h3-10H,2,11-12H2,1H3,(H,24,26). The van der Waals surface area contributed by atoms with Crippen LogP contribution < -0.4 is 10.1 Å². The van der Waals surface area contributed by atoms with Gasteiger partial charge < -0.3 is 14.0 Å². The van der Waals surface area contributed by atoms with E-state index in [1.54, 1.807) is 55.5 Å². The fourth-order valence-electron chi connectivity index (χ4n) is 2.58. The van der Waals surface area contributed by atoms with Gasteiger partial charge >= 0.3 is 5.97 Å². The first kappa shape index (κ1) is 21.7. The molecule has 0 saturated carbocycles. The molecule has 1 heterocycles. The summed E-state index contributed by atoms with van der Waals surface area (Å²) in [5.41, 5.74) is 0.862. The zero-order chi connectivity index (χ0) is 21.5. The summed E-state index contributed by atoms with van der Waals surface area (Å²) >= 11 is 11.9. The van der Waals surface area contributed by atoms with Crippen molar-refractivity contribution in [3.05, 3.63) is 64.1 Å². The largest absolute Gasteiger partial charge is 0.491 e. The van der Waals surface area contributed by atoms with Gasteiger partial charge in [-0.25, -0.2) is 4.79 Å². The normalized spacial score (nSPS) is 10.5. The second kappa shape index (κ2) is 10.1. The van der Waals surface area contributed by atoms with Gasteiger partial charge in [-0.3, -0.25) is 10.1 Å². The van der Waals surface area contributed by atoms with Gasteiger partial charge in [0.05, 0.1) is 24.7 Å². The van der Waals surface area contributed by atoms with Crippen molar-refractivity contribution >= 4 is 41.0 Å². The minimum Gasteiger partial charge on any atom is -0.491 e. The predicted octanol–water partition coefficient (Wildman–Crippen LogP) is 5.23. The average Bonchev–Trinajstić information content (AvgIpc) is 3.13. The molecule has 0 spiro atoms. The van der Waals surface area contributed by atoms with E-state index in [9.17, 15) is 9.59 Å². The van der Waals surface area contributed by atoms with Crippen LogP contribution in [0.1, 0.15) is 23.7 Å². The molecule has 3 aromatic rings. The molecule has 7 nitrogen and oxygen atoms in total. The molecule has 0 aliphatic rings. The summed E-state index contributed by atoms with van der Waals surface area (Å²) in [5.74, 6) is -0.706. The Hall–Kier alpha value is -3.03. The summed E-state index contributed by atoms with van der Waals surface area (Å²) in [5, 5.41) is 7.46. The van der Waals surface area contributed by atoms with E-state index >= 15 is 0 Å². The number of hydrogen-bond acceptors (Lipinski definition) is 6. The smallest absolute Gasteiger partial charge is 0.346 e. The van der Waals surface area contributed by atoms with Crippen LogP contribution in [0.2, 0.25) is 10.0 Å². The van der Waals surface area contributed by atoms with E-state index in [1.807, 2.05) is 0 Å². The van der Waals surface area contributed by atoms with E-state index in [0.29, 0.717) is 21.4 Å².